The molecule has 0 saturated carbocycles. The van der Waals surface area contributed by atoms with Gasteiger partial charge in [0.2, 0.25) is 0 Å². The number of fused-ring (bicyclic) bond motifs is 1. The Kier molecular flexibility index (Phi) is 6.82. The first-order valence-corrected chi connectivity index (χ1v) is 12.3. The number of likely N-dealkylation sites (tertiary alicyclic amines) is 1. The molecule has 0 bridgehead atoms. The molecule has 6 heteroatoms. The Labute approximate surface area is 205 Å². The molecule has 0 amide bonds. The van der Waals surface area contributed by atoms with Gasteiger partial charge >= 0.3 is 0 Å². The second-order valence-electron chi connectivity index (χ2n) is 8.93. The molecule has 4 aromatic rings. The van der Waals surface area contributed by atoms with Crippen LogP contribution in [0.15, 0.2) is 71.8 Å². The molecule has 1 aromatic heterocycles. The number of rotatable bonds is 8. The Bertz CT molecular complexity index is 1370. The van der Waals surface area contributed by atoms with Crippen molar-refractivity contribution in [1.82, 2.24) is 14.5 Å². The average Bonchev–Trinajstić information content (AvgIpc) is 3.42. The third-order valence-corrected chi connectivity index (χ3v) is 6.74. The molecule has 0 radical (unpaired) electrons. The van der Waals surface area contributed by atoms with Gasteiger partial charge in [0.15, 0.2) is 11.5 Å². The van der Waals surface area contributed by atoms with E-state index in [0.717, 1.165) is 37.2 Å². The fraction of sp³-hybridized carbons (Fsp3) is 0.310. The number of methoxy groups -OCH3 is 1. The number of ether oxygens (including phenoxy) is 2. The summed E-state index contributed by atoms with van der Waals surface area (Å²) < 4.78 is 13.1. The zero-order chi connectivity index (χ0) is 24.2. The van der Waals surface area contributed by atoms with Gasteiger partial charge in [-0.3, -0.25) is 14.3 Å². The zero-order valence-corrected chi connectivity index (χ0v) is 20.4. The molecule has 5 rings (SSSR count). The van der Waals surface area contributed by atoms with E-state index in [4.69, 9.17) is 9.47 Å². The van der Waals surface area contributed by atoms with Gasteiger partial charge in [0.1, 0.15) is 12.9 Å². The van der Waals surface area contributed by atoms with Crippen molar-refractivity contribution >= 4 is 10.9 Å². The fourth-order valence-electron chi connectivity index (χ4n) is 4.63. The van der Waals surface area contributed by atoms with Crippen LogP contribution in [-0.2, 0) is 6.42 Å². The summed E-state index contributed by atoms with van der Waals surface area (Å²) >= 11 is 0. The summed E-state index contributed by atoms with van der Waals surface area (Å²) in [6.07, 6.45) is 5.12. The van der Waals surface area contributed by atoms with Crippen LogP contribution >= 0.6 is 0 Å². The normalized spacial score (nSPS) is 13.9. The first-order valence-electron chi connectivity index (χ1n) is 12.3. The summed E-state index contributed by atoms with van der Waals surface area (Å²) in [5, 5.41) is 0.575. The minimum Gasteiger partial charge on any atom is -0.493 e. The highest BCUT2D eigenvalue weighted by Crippen LogP contribution is 2.30. The summed E-state index contributed by atoms with van der Waals surface area (Å²) in [5.74, 6) is 1.28. The average molecular weight is 470 g/mol. The smallest absolute Gasteiger partial charge is 0.265 e. The van der Waals surface area contributed by atoms with Crippen LogP contribution in [0.1, 0.15) is 25.3 Å². The van der Waals surface area contributed by atoms with Gasteiger partial charge < -0.3 is 9.47 Å². The van der Waals surface area contributed by atoms with Gasteiger partial charge in [0.25, 0.3) is 5.56 Å². The van der Waals surface area contributed by atoms with Crippen LogP contribution in [0.3, 0.4) is 0 Å². The van der Waals surface area contributed by atoms with E-state index < -0.39 is 0 Å². The molecule has 0 N–H and O–H groups in total. The molecule has 1 fully saturated rings. The number of nitrogens with zero attached hydrogens (tertiary/aromatic N) is 3. The molecule has 3 aromatic carbocycles. The topological polar surface area (TPSA) is 56.6 Å². The second-order valence-corrected chi connectivity index (χ2v) is 8.93. The Morgan fingerprint density at radius 1 is 0.914 bits per heavy atom. The summed E-state index contributed by atoms with van der Waals surface area (Å²) in [6.45, 7) is 5.94. The Morgan fingerprint density at radius 2 is 1.69 bits per heavy atom. The highest BCUT2D eigenvalue weighted by atomic mass is 16.5. The maximum Gasteiger partial charge on any atom is 0.265 e. The van der Waals surface area contributed by atoms with Gasteiger partial charge in [-0.15, -0.1) is 0 Å². The van der Waals surface area contributed by atoms with Crippen LogP contribution in [0.2, 0.25) is 0 Å². The summed E-state index contributed by atoms with van der Waals surface area (Å²) in [7, 11) is 1.61. The predicted molar refractivity (Wildman–Crippen MR) is 140 cm³/mol. The van der Waals surface area contributed by atoms with E-state index in [1.165, 1.54) is 18.4 Å². The van der Waals surface area contributed by atoms with E-state index in [1.54, 1.807) is 18.0 Å². The van der Waals surface area contributed by atoms with Gasteiger partial charge in [0, 0.05) is 12.6 Å². The molecular formula is C29H31N3O3. The lowest BCUT2D eigenvalue weighted by molar-refractivity contribution is 0.230. The van der Waals surface area contributed by atoms with E-state index in [1.807, 2.05) is 36.4 Å². The van der Waals surface area contributed by atoms with Crippen molar-refractivity contribution in [1.29, 1.82) is 0 Å². The number of aromatic nitrogens is 2. The summed E-state index contributed by atoms with van der Waals surface area (Å²) in [6, 6.07) is 19.9. The van der Waals surface area contributed by atoms with E-state index in [2.05, 4.69) is 41.1 Å². The maximum absolute atomic E-state index is 13.3. The number of hydrogen-bond donors (Lipinski definition) is 0. The van der Waals surface area contributed by atoms with E-state index >= 15 is 0 Å². The Hall–Kier alpha value is -3.64. The minimum atomic E-state index is -0.118. The molecule has 1 aliphatic heterocycles. The van der Waals surface area contributed by atoms with Crippen molar-refractivity contribution in [2.75, 3.05) is 33.4 Å². The summed E-state index contributed by atoms with van der Waals surface area (Å²) in [5.41, 5.74) is 4.70. The van der Waals surface area contributed by atoms with Gasteiger partial charge in [0.05, 0.1) is 23.7 Å². The van der Waals surface area contributed by atoms with Crippen molar-refractivity contribution in [3.8, 4) is 28.3 Å². The van der Waals surface area contributed by atoms with E-state index in [-0.39, 0.29) is 5.56 Å². The molecular weight excluding hydrogens is 438 g/mol. The largest absolute Gasteiger partial charge is 0.493 e. The number of aryl methyl sites for hydroxylation is 1. The van der Waals surface area contributed by atoms with Gasteiger partial charge in [-0.05, 0) is 73.3 Å². The molecule has 2 heterocycles. The second kappa shape index (κ2) is 10.3. The van der Waals surface area contributed by atoms with E-state index in [9.17, 15) is 4.79 Å². The minimum absolute atomic E-state index is 0.118. The first-order chi connectivity index (χ1) is 17.2. The van der Waals surface area contributed by atoms with Crippen molar-refractivity contribution in [2.45, 2.75) is 26.2 Å². The lowest BCUT2D eigenvalue weighted by Gasteiger charge is -2.17. The van der Waals surface area contributed by atoms with Crippen molar-refractivity contribution in [3.05, 3.63) is 82.9 Å². The van der Waals surface area contributed by atoms with Crippen LogP contribution in [0.4, 0.5) is 0 Å². The molecule has 6 nitrogen and oxygen atoms in total. The van der Waals surface area contributed by atoms with Crippen molar-refractivity contribution in [2.24, 2.45) is 0 Å². The third-order valence-electron chi connectivity index (χ3n) is 6.74. The maximum atomic E-state index is 13.3. The Morgan fingerprint density at radius 3 is 2.43 bits per heavy atom. The molecule has 0 spiro atoms. The van der Waals surface area contributed by atoms with Crippen molar-refractivity contribution in [3.63, 3.8) is 0 Å². The van der Waals surface area contributed by atoms with Crippen LogP contribution in [0, 0.1) is 0 Å². The number of hydrogen-bond acceptors (Lipinski definition) is 5. The molecule has 0 unspecified atom stereocenters. The monoisotopic (exact) mass is 469 g/mol. The molecule has 180 valence electrons. The predicted octanol–water partition coefficient (Wildman–Crippen LogP) is 5.10. The molecule has 35 heavy (non-hydrogen) atoms. The highest BCUT2D eigenvalue weighted by Gasteiger charge is 2.14. The quantitative estimate of drug-likeness (QED) is 0.359. The first kappa shape index (κ1) is 23.1. The van der Waals surface area contributed by atoms with Gasteiger partial charge in [-0.2, -0.15) is 0 Å². The van der Waals surface area contributed by atoms with Crippen LogP contribution in [-0.4, -0.2) is 47.8 Å². The van der Waals surface area contributed by atoms with Crippen LogP contribution in [0.5, 0.6) is 11.5 Å². The SMILES string of the molecule is CCc1ccc(-c2ccc3c(=O)n(-c4ccc(OCCN5CCCC5)c(OC)c4)cnc3c2)cc1. The van der Waals surface area contributed by atoms with Crippen LogP contribution < -0.4 is 15.0 Å². The zero-order valence-electron chi connectivity index (χ0n) is 20.4. The molecule has 1 aliphatic rings. The fourth-order valence-corrected chi connectivity index (χ4v) is 4.63. The molecule has 0 aliphatic carbocycles. The standard InChI is InChI=1S/C29H31N3O3/c1-3-21-6-8-22(9-7-21)23-10-12-25-26(18-23)30-20-32(29(25)33)24-11-13-27(28(19-24)34-2)35-17-16-31-14-4-5-15-31/h6-13,18-20H,3-5,14-17H2,1-2H3. The van der Waals surface area contributed by atoms with Gasteiger partial charge in [-0.25, -0.2) is 4.98 Å². The van der Waals surface area contributed by atoms with E-state index in [0.29, 0.717) is 34.7 Å². The molecule has 1 saturated heterocycles. The summed E-state index contributed by atoms with van der Waals surface area (Å²) in [4.78, 5) is 20.3. The van der Waals surface area contributed by atoms with Crippen LogP contribution in [0.25, 0.3) is 27.7 Å². The molecule has 0 atom stereocenters. The number of benzene rings is 3. The third kappa shape index (κ3) is 4.93. The lowest BCUT2D eigenvalue weighted by atomic mass is 10.0. The lowest BCUT2D eigenvalue weighted by Crippen LogP contribution is -2.25. The Balaban J connectivity index is 1.39. The van der Waals surface area contributed by atoms with Gasteiger partial charge in [-0.1, -0.05) is 37.3 Å². The van der Waals surface area contributed by atoms with Crippen molar-refractivity contribution < 1.29 is 9.47 Å². The highest BCUT2D eigenvalue weighted by molar-refractivity contribution is 5.83.